The van der Waals surface area contributed by atoms with E-state index in [1.54, 1.807) is 0 Å². The average molecular weight is 251 g/mol. The molecule has 0 spiro atoms. The van der Waals surface area contributed by atoms with Crippen molar-refractivity contribution in [1.29, 1.82) is 0 Å². The first kappa shape index (κ1) is 13.2. The van der Waals surface area contributed by atoms with Crippen molar-refractivity contribution < 1.29 is 0 Å². The maximum atomic E-state index is 5.94. The highest BCUT2D eigenvalue weighted by Gasteiger charge is 2.16. The van der Waals surface area contributed by atoms with E-state index in [-0.39, 0.29) is 0 Å². The van der Waals surface area contributed by atoms with Gasteiger partial charge in [-0.05, 0) is 25.2 Å². The molecule has 0 unspecified atom stereocenters. The van der Waals surface area contributed by atoms with Crippen molar-refractivity contribution in [1.82, 2.24) is 14.8 Å². The highest BCUT2D eigenvalue weighted by Crippen LogP contribution is 2.17. The van der Waals surface area contributed by atoms with E-state index in [1.807, 2.05) is 4.68 Å². The van der Waals surface area contributed by atoms with Gasteiger partial charge in [0.25, 0.3) is 0 Å². The second-order valence-electron chi connectivity index (χ2n) is 5.58. The summed E-state index contributed by atoms with van der Waals surface area (Å²) in [5.74, 6) is 2.03. The lowest BCUT2D eigenvalue weighted by Gasteiger charge is -2.17. The van der Waals surface area contributed by atoms with Crippen LogP contribution in [0.15, 0.2) is 0 Å². The molecule has 1 aliphatic rings. The van der Waals surface area contributed by atoms with E-state index in [0.717, 1.165) is 32.0 Å². The van der Waals surface area contributed by atoms with Crippen LogP contribution in [0.1, 0.15) is 46.0 Å². The summed E-state index contributed by atoms with van der Waals surface area (Å²) in [5, 5.41) is 4.55. The lowest BCUT2D eigenvalue weighted by atomic mass is 10.1. The summed E-state index contributed by atoms with van der Waals surface area (Å²) in [7, 11) is 0. The minimum Gasteiger partial charge on any atom is -0.368 e. The van der Waals surface area contributed by atoms with Crippen molar-refractivity contribution in [2.24, 2.45) is 5.92 Å². The zero-order valence-corrected chi connectivity index (χ0v) is 11.6. The van der Waals surface area contributed by atoms with Gasteiger partial charge in [0.05, 0.1) is 0 Å². The number of nitrogen functional groups attached to an aromatic ring is 1. The van der Waals surface area contributed by atoms with Gasteiger partial charge >= 0.3 is 0 Å². The topological polar surface area (TPSA) is 60.0 Å². The molecule has 1 aromatic rings. The third-order valence-electron chi connectivity index (χ3n) is 3.50. The number of rotatable bonds is 4. The first-order chi connectivity index (χ1) is 8.66. The van der Waals surface area contributed by atoms with Crippen LogP contribution in [0.2, 0.25) is 0 Å². The number of anilines is 2. The molecule has 2 N–H and O–H groups in total. The third kappa shape index (κ3) is 3.37. The standard InChI is InChI=1S/C13H25N5/c1-11(2)7-10-18-12(14)15-13(16-18)17-8-5-3-4-6-9-17/h11H,3-10H2,1-2H3,(H2,14,15,16). The van der Waals surface area contributed by atoms with Crippen LogP contribution in [0.3, 0.4) is 0 Å². The molecule has 1 saturated heterocycles. The van der Waals surface area contributed by atoms with Gasteiger partial charge in [0.1, 0.15) is 0 Å². The fourth-order valence-corrected chi connectivity index (χ4v) is 2.29. The molecule has 1 fully saturated rings. The van der Waals surface area contributed by atoms with Crippen LogP contribution in [0.4, 0.5) is 11.9 Å². The molecule has 0 aliphatic carbocycles. The minimum atomic E-state index is 0.551. The van der Waals surface area contributed by atoms with Gasteiger partial charge in [-0.1, -0.05) is 26.7 Å². The number of nitrogens with zero attached hydrogens (tertiary/aromatic N) is 4. The Balaban J connectivity index is 2.02. The maximum absolute atomic E-state index is 5.94. The Morgan fingerprint density at radius 2 is 1.83 bits per heavy atom. The Bertz CT molecular complexity index is 363. The molecule has 18 heavy (non-hydrogen) atoms. The zero-order valence-electron chi connectivity index (χ0n) is 11.6. The second kappa shape index (κ2) is 6.07. The molecule has 0 amide bonds. The van der Waals surface area contributed by atoms with Crippen LogP contribution in [-0.4, -0.2) is 27.9 Å². The van der Waals surface area contributed by atoms with Gasteiger partial charge in [-0.15, -0.1) is 5.10 Å². The SMILES string of the molecule is CC(C)CCn1nc(N2CCCCCC2)nc1N. The first-order valence-corrected chi connectivity index (χ1v) is 7.12. The van der Waals surface area contributed by atoms with E-state index >= 15 is 0 Å². The van der Waals surface area contributed by atoms with Crippen LogP contribution in [-0.2, 0) is 6.54 Å². The van der Waals surface area contributed by atoms with Crippen molar-refractivity contribution in [3.63, 3.8) is 0 Å². The smallest absolute Gasteiger partial charge is 0.246 e. The van der Waals surface area contributed by atoms with Gasteiger partial charge in [0.2, 0.25) is 11.9 Å². The van der Waals surface area contributed by atoms with Gasteiger partial charge in [0.15, 0.2) is 0 Å². The molecule has 5 heteroatoms. The van der Waals surface area contributed by atoms with Crippen LogP contribution in [0.25, 0.3) is 0 Å². The Hall–Kier alpha value is -1.26. The molecular formula is C13H25N5. The molecule has 0 atom stereocenters. The van der Waals surface area contributed by atoms with Gasteiger partial charge in [-0.2, -0.15) is 4.98 Å². The van der Waals surface area contributed by atoms with E-state index in [0.29, 0.717) is 11.9 Å². The zero-order chi connectivity index (χ0) is 13.0. The number of hydrogen-bond donors (Lipinski definition) is 1. The van der Waals surface area contributed by atoms with Gasteiger partial charge in [-0.25, -0.2) is 4.68 Å². The molecule has 5 nitrogen and oxygen atoms in total. The summed E-state index contributed by atoms with van der Waals surface area (Å²) < 4.78 is 1.85. The van der Waals surface area contributed by atoms with Crippen molar-refractivity contribution in [3.05, 3.63) is 0 Å². The molecule has 0 radical (unpaired) electrons. The summed E-state index contributed by atoms with van der Waals surface area (Å²) in [6, 6.07) is 0. The summed E-state index contributed by atoms with van der Waals surface area (Å²) >= 11 is 0. The Labute approximate surface area is 109 Å². The van der Waals surface area contributed by atoms with Gasteiger partial charge < -0.3 is 10.6 Å². The Morgan fingerprint density at radius 1 is 1.17 bits per heavy atom. The van der Waals surface area contributed by atoms with Gasteiger partial charge in [-0.3, -0.25) is 0 Å². The van der Waals surface area contributed by atoms with Crippen molar-refractivity contribution >= 4 is 11.9 Å². The average Bonchev–Trinajstić information content (AvgIpc) is 2.55. The first-order valence-electron chi connectivity index (χ1n) is 7.12. The maximum Gasteiger partial charge on any atom is 0.246 e. The lowest BCUT2D eigenvalue weighted by molar-refractivity contribution is 0.490. The summed E-state index contributed by atoms with van der Waals surface area (Å²) in [6.45, 7) is 7.41. The highest BCUT2D eigenvalue weighted by molar-refractivity contribution is 5.35. The number of hydrogen-bond acceptors (Lipinski definition) is 4. The third-order valence-corrected chi connectivity index (χ3v) is 3.50. The van der Waals surface area contributed by atoms with Crippen LogP contribution >= 0.6 is 0 Å². The highest BCUT2D eigenvalue weighted by atomic mass is 15.4. The van der Waals surface area contributed by atoms with Crippen molar-refractivity contribution in [2.45, 2.75) is 52.5 Å². The van der Waals surface area contributed by atoms with Gasteiger partial charge in [0, 0.05) is 19.6 Å². The molecule has 0 aromatic carbocycles. The molecule has 2 heterocycles. The molecule has 2 rings (SSSR count). The lowest BCUT2D eigenvalue weighted by Crippen LogP contribution is -2.25. The molecule has 1 aromatic heterocycles. The predicted molar refractivity (Wildman–Crippen MR) is 74.6 cm³/mol. The van der Waals surface area contributed by atoms with E-state index in [9.17, 15) is 0 Å². The predicted octanol–water partition coefficient (Wildman–Crippen LogP) is 2.29. The van der Waals surface area contributed by atoms with Crippen LogP contribution in [0, 0.1) is 5.92 Å². The van der Waals surface area contributed by atoms with E-state index in [1.165, 1.54) is 25.7 Å². The molecule has 1 aliphatic heterocycles. The van der Waals surface area contributed by atoms with Crippen LogP contribution < -0.4 is 10.6 Å². The number of nitrogens with two attached hydrogens (primary N) is 1. The van der Waals surface area contributed by atoms with E-state index < -0.39 is 0 Å². The van der Waals surface area contributed by atoms with Crippen LogP contribution in [0.5, 0.6) is 0 Å². The quantitative estimate of drug-likeness (QED) is 0.892. The molecule has 0 bridgehead atoms. The minimum absolute atomic E-state index is 0.551. The fraction of sp³-hybridized carbons (Fsp3) is 0.846. The molecule has 102 valence electrons. The Morgan fingerprint density at radius 3 is 2.44 bits per heavy atom. The normalized spacial score (nSPS) is 17.2. The largest absolute Gasteiger partial charge is 0.368 e. The second-order valence-corrected chi connectivity index (χ2v) is 5.58. The number of aromatic nitrogens is 3. The van der Waals surface area contributed by atoms with Crippen molar-refractivity contribution in [3.8, 4) is 0 Å². The molecular weight excluding hydrogens is 226 g/mol. The monoisotopic (exact) mass is 251 g/mol. The fourth-order valence-electron chi connectivity index (χ4n) is 2.29. The molecule has 0 saturated carbocycles. The number of aryl methyl sites for hydroxylation is 1. The van der Waals surface area contributed by atoms with Crippen molar-refractivity contribution in [2.75, 3.05) is 23.7 Å². The summed E-state index contributed by atoms with van der Waals surface area (Å²) in [6.07, 6.45) is 6.20. The Kier molecular flexibility index (Phi) is 4.44. The van der Waals surface area contributed by atoms with E-state index in [4.69, 9.17) is 5.73 Å². The summed E-state index contributed by atoms with van der Waals surface area (Å²) in [5.41, 5.74) is 5.94. The summed E-state index contributed by atoms with van der Waals surface area (Å²) in [4.78, 5) is 6.68. The van der Waals surface area contributed by atoms with E-state index in [2.05, 4.69) is 28.8 Å².